The number of rotatable bonds is 8. The van der Waals surface area contributed by atoms with Crippen LogP contribution in [0.3, 0.4) is 0 Å². The molecule has 0 radical (unpaired) electrons. The summed E-state index contributed by atoms with van der Waals surface area (Å²) in [6.07, 6.45) is 6.12. The van der Waals surface area contributed by atoms with Crippen molar-refractivity contribution in [2.45, 2.75) is 26.3 Å². The van der Waals surface area contributed by atoms with Crippen molar-refractivity contribution in [3.05, 3.63) is 67.0 Å². The molecule has 4 rings (SSSR count). The highest BCUT2D eigenvalue weighted by Crippen LogP contribution is 2.23. The third-order valence-electron chi connectivity index (χ3n) is 5.73. The van der Waals surface area contributed by atoms with Crippen molar-refractivity contribution < 1.29 is 9.53 Å². The van der Waals surface area contributed by atoms with Crippen LogP contribution in [0.15, 0.2) is 67.0 Å². The number of likely N-dealkylation sites (tertiary alicyclic amines) is 1. The highest BCUT2D eigenvalue weighted by Gasteiger charge is 2.22. The highest BCUT2D eigenvalue weighted by molar-refractivity contribution is 5.92. The van der Waals surface area contributed by atoms with Crippen LogP contribution in [0.1, 0.15) is 19.8 Å². The predicted octanol–water partition coefficient (Wildman–Crippen LogP) is 4.30. The molecule has 1 aliphatic rings. The zero-order chi connectivity index (χ0) is 21.5. The Morgan fingerprint density at radius 1 is 1.10 bits per heavy atom. The Hall–Kier alpha value is -3.12. The van der Waals surface area contributed by atoms with Gasteiger partial charge in [0.1, 0.15) is 11.6 Å². The van der Waals surface area contributed by atoms with E-state index in [1.165, 1.54) is 0 Å². The Morgan fingerprint density at radius 2 is 1.84 bits per heavy atom. The second-order valence-electron chi connectivity index (χ2n) is 7.99. The first-order chi connectivity index (χ1) is 15.2. The van der Waals surface area contributed by atoms with Crippen molar-refractivity contribution >= 4 is 11.6 Å². The van der Waals surface area contributed by atoms with Crippen molar-refractivity contribution in [1.82, 2.24) is 14.5 Å². The van der Waals surface area contributed by atoms with E-state index in [2.05, 4.69) is 38.1 Å². The largest absolute Gasteiger partial charge is 0.494 e. The zero-order valence-electron chi connectivity index (χ0n) is 18.0. The Kier molecular flexibility index (Phi) is 6.99. The van der Waals surface area contributed by atoms with Gasteiger partial charge in [0, 0.05) is 30.2 Å². The fraction of sp³-hybridized carbons (Fsp3) is 0.360. The first kappa shape index (κ1) is 21.1. The number of hydrogen-bond donors (Lipinski definition) is 1. The summed E-state index contributed by atoms with van der Waals surface area (Å²) >= 11 is 0. The molecule has 0 aliphatic carbocycles. The van der Waals surface area contributed by atoms with E-state index in [0.717, 1.165) is 55.3 Å². The molecule has 1 amide bonds. The summed E-state index contributed by atoms with van der Waals surface area (Å²) in [5, 5.41) is 2.98. The van der Waals surface area contributed by atoms with Crippen LogP contribution < -0.4 is 10.1 Å². The van der Waals surface area contributed by atoms with Crippen molar-refractivity contribution in [1.29, 1.82) is 0 Å². The fourth-order valence-corrected chi connectivity index (χ4v) is 4.11. The van der Waals surface area contributed by atoms with Crippen molar-refractivity contribution in [3.63, 3.8) is 0 Å². The van der Waals surface area contributed by atoms with Crippen LogP contribution in [0.2, 0.25) is 0 Å². The summed E-state index contributed by atoms with van der Waals surface area (Å²) in [5.74, 6) is 2.47. The number of hydrogen-bond acceptors (Lipinski definition) is 4. The molecule has 3 aromatic rings. The van der Waals surface area contributed by atoms with Crippen LogP contribution in [0.25, 0.3) is 11.4 Å². The maximum Gasteiger partial charge on any atom is 0.238 e. The lowest BCUT2D eigenvalue weighted by molar-refractivity contribution is -0.117. The molecule has 1 aliphatic heterocycles. The van der Waals surface area contributed by atoms with Crippen LogP contribution in [-0.2, 0) is 11.3 Å². The van der Waals surface area contributed by atoms with E-state index in [1.54, 1.807) is 0 Å². The second-order valence-corrected chi connectivity index (χ2v) is 7.99. The molecule has 1 N–H and O–H groups in total. The molecular formula is C25H30N4O2. The van der Waals surface area contributed by atoms with E-state index in [9.17, 15) is 4.79 Å². The van der Waals surface area contributed by atoms with Gasteiger partial charge in [-0.15, -0.1) is 0 Å². The normalized spacial score (nSPS) is 15.0. The minimum absolute atomic E-state index is 0.0311. The van der Waals surface area contributed by atoms with Crippen molar-refractivity contribution in [3.8, 4) is 17.1 Å². The first-order valence-electron chi connectivity index (χ1n) is 11.0. The Balaban J connectivity index is 1.24. The number of amides is 1. The number of nitrogens with zero attached hydrogens (tertiary/aromatic N) is 3. The molecular weight excluding hydrogens is 388 g/mol. The molecule has 0 bridgehead atoms. The number of ether oxygens (including phenoxy) is 1. The number of carbonyl (C=O) groups excluding carboxylic acids is 1. The van der Waals surface area contributed by atoms with Crippen molar-refractivity contribution in [2.24, 2.45) is 5.92 Å². The highest BCUT2D eigenvalue weighted by atomic mass is 16.5. The molecule has 0 spiro atoms. The van der Waals surface area contributed by atoms with Crippen LogP contribution in [-0.4, -0.2) is 46.6 Å². The average Bonchev–Trinajstić information content (AvgIpc) is 3.25. The lowest BCUT2D eigenvalue weighted by Crippen LogP contribution is -2.40. The van der Waals surface area contributed by atoms with Crippen molar-refractivity contribution in [2.75, 3.05) is 31.6 Å². The molecule has 162 valence electrons. The molecule has 6 nitrogen and oxygen atoms in total. The van der Waals surface area contributed by atoms with E-state index >= 15 is 0 Å². The molecule has 6 heteroatoms. The number of aromatic nitrogens is 2. The van der Waals surface area contributed by atoms with Crippen LogP contribution >= 0.6 is 0 Å². The van der Waals surface area contributed by atoms with Crippen LogP contribution in [0.5, 0.6) is 5.75 Å². The number of piperidine rings is 1. The smallest absolute Gasteiger partial charge is 0.238 e. The lowest BCUT2D eigenvalue weighted by atomic mass is 9.96. The minimum Gasteiger partial charge on any atom is -0.494 e. The quantitative estimate of drug-likeness (QED) is 0.593. The molecule has 0 saturated carbocycles. The molecule has 0 atom stereocenters. The summed E-state index contributed by atoms with van der Waals surface area (Å²) in [6.45, 7) is 5.87. The number of nitrogens with one attached hydrogen (secondary N) is 1. The van der Waals surface area contributed by atoms with Gasteiger partial charge >= 0.3 is 0 Å². The molecule has 0 unspecified atom stereocenters. The SMILES string of the molecule is CCOc1ccc(NC(=O)CN2CCC(Cn3ccnc3-c3ccccc3)CC2)cc1. The van der Waals surface area contributed by atoms with Gasteiger partial charge in [0.15, 0.2) is 0 Å². The first-order valence-corrected chi connectivity index (χ1v) is 11.0. The van der Waals surface area contributed by atoms with E-state index in [4.69, 9.17) is 4.74 Å². The van der Waals surface area contributed by atoms with Gasteiger partial charge in [-0.1, -0.05) is 30.3 Å². The monoisotopic (exact) mass is 418 g/mol. The van der Waals surface area contributed by atoms with Gasteiger partial charge in [0.05, 0.1) is 13.2 Å². The standard InChI is InChI=1S/C25H30N4O2/c1-2-31-23-10-8-22(9-11-23)27-24(30)19-28-15-12-20(13-16-28)18-29-17-14-26-25(29)21-6-4-3-5-7-21/h3-11,14,17,20H,2,12-13,15-16,18-19H2,1H3,(H,27,30). The van der Waals surface area contributed by atoms with Gasteiger partial charge in [-0.25, -0.2) is 4.98 Å². The topological polar surface area (TPSA) is 59.4 Å². The molecule has 2 heterocycles. The molecule has 1 aromatic heterocycles. The minimum atomic E-state index is 0.0311. The maximum atomic E-state index is 12.4. The molecule has 1 fully saturated rings. The average molecular weight is 419 g/mol. The van der Waals surface area contributed by atoms with E-state index in [1.807, 2.05) is 55.6 Å². The van der Waals surface area contributed by atoms with Gasteiger partial charge in [-0.3, -0.25) is 9.69 Å². The second kappa shape index (κ2) is 10.3. The summed E-state index contributed by atoms with van der Waals surface area (Å²) in [6, 6.07) is 17.8. The zero-order valence-corrected chi connectivity index (χ0v) is 18.0. The maximum absolute atomic E-state index is 12.4. The molecule has 1 saturated heterocycles. The van der Waals surface area contributed by atoms with E-state index < -0.39 is 0 Å². The number of imidazole rings is 1. The Labute approximate surface area is 183 Å². The van der Waals surface area contributed by atoms with Crippen LogP contribution in [0, 0.1) is 5.92 Å². The summed E-state index contributed by atoms with van der Waals surface area (Å²) in [7, 11) is 0. The molecule has 31 heavy (non-hydrogen) atoms. The van der Waals surface area contributed by atoms with Crippen LogP contribution in [0.4, 0.5) is 5.69 Å². The Morgan fingerprint density at radius 3 is 2.55 bits per heavy atom. The summed E-state index contributed by atoms with van der Waals surface area (Å²) in [5.41, 5.74) is 1.95. The van der Waals surface area contributed by atoms with Gasteiger partial charge < -0.3 is 14.6 Å². The number of benzene rings is 2. The van der Waals surface area contributed by atoms with Gasteiger partial charge in [0.2, 0.25) is 5.91 Å². The third kappa shape index (κ3) is 5.73. The summed E-state index contributed by atoms with van der Waals surface area (Å²) < 4.78 is 7.70. The van der Waals surface area contributed by atoms with Gasteiger partial charge in [0.25, 0.3) is 0 Å². The van der Waals surface area contributed by atoms with Gasteiger partial charge in [-0.05, 0) is 63.0 Å². The summed E-state index contributed by atoms with van der Waals surface area (Å²) in [4.78, 5) is 19.2. The Bertz CT molecular complexity index is 961. The van der Waals surface area contributed by atoms with E-state index in [0.29, 0.717) is 19.1 Å². The molecule has 2 aromatic carbocycles. The fourth-order valence-electron chi connectivity index (χ4n) is 4.11. The van der Waals surface area contributed by atoms with E-state index in [-0.39, 0.29) is 5.91 Å². The van der Waals surface area contributed by atoms with Gasteiger partial charge in [-0.2, -0.15) is 0 Å². The number of anilines is 1. The lowest BCUT2D eigenvalue weighted by Gasteiger charge is -2.31. The third-order valence-corrected chi connectivity index (χ3v) is 5.73. The number of carbonyl (C=O) groups is 1. The predicted molar refractivity (Wildman–Crippen MR) is 123 cm³/mol.